The second kappa shape index (κ2) is 10.8. The number of guanidine groups is 1. The zero-order valence-electron chi connectivity index (χ0n) is 14.4. The molecule has 0 atom stereocenters. The molecule has 0 radical (unpaired) electrons. The highest BCUT2D eigenvalue weighted by molar-refractivity contribution is 14.0. The highest BCUT2D eigenvalue weighted by Crippen LogP contribution is 2.18. The predicted octanol–water partition coefficient (Wildman–Crippen LogP) is 0.193. The van der Waals surface area contributed by atoms with E-state index in [1.165, 1.54) is 0 Å². The summed E-state index contributed by atoms with van der Waals surface area (Å²) >= 11 is 0. The number of rotatable bonds is 5. The lowest BCUT2D eigenvalue weighted by molar-refractivity contribution is 0.120. The van der Waals surface area contributed by atoms with E-state index in [4.69, 9.17) is 0 Å². The third kappa shape index (κ3) is 7.83. The van der Waals surface area contributed by atoms with Crippen molar-refractivity contribution in [3.8, 4) is 0 Å². The summed E-state index contributed by atoms with van der Waals surface area (Å²) in [5.74, 6) is 1.34. The van der Waals surface area contributed by atoms with Gasteiger partial charge in [-0.05, 0) is 32.6 Å². The Kier molecular flexibility index (Phi) is 9.83. The van der Waals surface area contributed by atoms with Crippen molar-refractivity contribution in [2.24, 2.45) is 4.99 Å². The number of aliphatic hydroxyl groups excluding tert-OH is 1. The average Bonchev–Trinajstić information content (AvgIpc) is 2.51. The zero-order chi connectivity index (χ0) is 16.7. The molecule has 3 N–H and O–H groups in total. The Labute approximate surface area is 162 Å². The smallest absolute Gasteiger partial charge is 0.191 e. The van der Waals surface area contributed by atoms with Gasteiger partial charge in [-0.1, -0.05) is 0 Å². The minimum Gasteiger partial charge on any atom is -0.393 e. The van der Waals surface area contributed by atoms with Crippen molar-refractivity contribution in [1.29, 1.82) is 0 Å². The first-order valence-corrected chi connectivity index (χ1v) is 10.5. The van der Waals surface area contributed by atoms with Gasteiger partial charge in [0.25, 0.3) is 0 Å². The van der Waals surface area contributed by atoms with Gasteiger partial charge in [0.05, 0.1) is 24.2 Å². The van der Waals surface area contributed by atoms with Crippen LogP contribution in [-0.4, -0.2) is 80.8 Å². The molecule has 0 aromatic rings. The van der Waals surface area contributed by atoms with Gasteiger partial charge in [0.2, 0.25) is 0 Å². The van der Waals surface area contributed by atoms with E-state index in [1.807, 2.05) is 6.92 Å². The van der Waals surface area contributed by atoms with Gasteiger partial charge in [-0.15, -0.1) is 24.0 Å². The van der Waals surface area contributed by atoms with Crippen LogP contribution in [0.25, 0.3) is 0 Å². The summed E-state index contributed by atoms with van der Waals surface area (Å²) in [6.07, 6.45) is 3.48. The zero-order valence-corrected chi connectivity index (χ0v) is 17.6. The third-order valence-corrected chi connectivity index (χ3v) is 6.11. The molecule has 0 amide bonds. The first kappa shape index (κ1) is 21.9. The van der Waals surface area contributed by atoms with E-state index in [-0.39, 0.29) is 41.6 Å². The first-order chi connectivity index (χ1) is 11.0. The van der Waals surface area contributed by atoms with Crippen LogP contribution in [-0.2, 0) is 9.84 Å². The monoisotopic (exact) mass is 474 g/mol. The lowest BCUT2D eigenvalue weighted by atomic mass is 9.93. The molecule has 0 unspecified atom stereocenters. The summed E-state index contributed by atoms with van der Waals surface area (Å²) < 4.78 is 22.8. The van der Waals surface area contributed by atoms with E-state index < -0.39 is 9.84 Å². The molecule has 0 aromatic carbocycles. The van der Waals surface area contributed by atoms with Gasteiger partial charge >= 0.3 is 0 Å². The van der Waals surface area contributed by atoms with Crippen LogP contribution in [0.15, 0.2) is 4.99 Å². The Balaban J connectivity index is 0.00000288. The number of hydrogen-bond donors (Lipinski definition) is 3. The molecule has 142 valence electrons. The molecule has 2 rings (SSSR count). The summed E-state index contributed by atoms with van der Waals surface area (Å²) in [6, 6.07) is 0.372. The molecular weight excluding hydrogens is 443 g/mol. The van der Waals surface area contributed by atoms with E-state index >= 15 is 0 Å². The fourth-order valence-corrected chi connectivity index (χ4v) is 4.29. The van der Waals surface area contributed by atoms with Crippen LogP contribution in [0.4, 0.5) is 0 Å². The van der Waals surface area contributed by atoms with Gasteiger partial charge in [-0.25, -0.2) is 8.42 Å². The SMILES string of the molecule is CCNC(=NCCN1CCS(=O)(=O)CC1)NC1CCC(O)CC1.I. The lowest BCUT2D eigenvalue weighted by Crippen LogP contribution is -2.46. The molecule has 1 saturated heterocycles. The second-order valence-electron chi connectivity index (χ2n) is 6.40. The Bertz CT molecular complexity index is 479. The van der Waals surface area contributed by atoms with Crippen LogP contribution >= 0.6 is 24.0 Å². The molecule has 0 spiro atoms. The summed E-state index contributed by atoms with van der Waals surface area (Å²) in [4.78, 5) is 6.76. The van der Waals surface area contributed by atoms with Crippen molar-refractivity contribution in [2.75, 3.05) is 44.2 Å². The number of aliphatic hydroxyl groups is 1. The van der Waals surface area contributed by atoms with Crippen molar-refractivity contribution < 1.29 is 13.5 Å². The van der Waals surface area contributed by atoms with Crippen LogP contribution in [0, 0.1) is 0 Å². The van der Waals surface area contributed by atoms with Crippen molar-refractivity contribution >= 4 is 39.8 Å². The van der Waals surface area contributed by atoms with Crippen LogP contribution in [0.5, 0.6) is 0 Å². The topological polar surface area (TPSA) is 94.0 Å². The third-order valence-electron chi connectivity index (χ3n) is 4.50. The predicted molar refractivity (Wildman–Crippen MR) is 108 cm³/mol. The maximum Gasteiger partial charge on any atom is 0.191 e. The van der Waals surface area contributed by atoms with Gasteiger partial charge in [0, 0.05) is 32.2 Å². The normalized spacial score (nSPS) is 28.0. The number of nitrogens with one attached hydrogen (secondary N) is 2. The Hall–Kier alpha value is -0.130. The molecule has 2 fully saturated rings. The van der Waals surface area contributed by atoms with Crippen LogP contribution in [0.1, 0.15) is 32.6 Å². The summed E-state index contributed by atoms with van der Waals surface area (Å²) in [7, 11) is -2.81. The van der Waals surface area contributed by atoms with E-state index in [2.05, 4.69) is 20.5 Å². The molecule has 2 aliphatic rings. The maximum atomic E-state index is 11.4. The minimum absolute atomic E-state index is 0. The van der Waals surface area contributed by atoms with Crippen molar-refractivity contribution in [3.05, 3.63) is 0 Å². The lowest BCUT2D eigenvalue weighted by Gasteiger charge is -2.28. The minimum atomic E-state index is -2.81. The van der Waals surface area contributed by atoms with E-state index in [9.17, 15) is 13.5 Å². The molecular formula is C15H31IN4O3S. The summed E-state index contributed by atoms with van der Waals surface area (Å²) in [5.41, 5.74) is 0. The van der Waals surface area contributed by atoms with Gasteiger partial charge in [0.1, 0.15) is 0 Å². The first-order valence-electron chi connectivity index (χ1n) is 8.64. The quantitative estimate of drug-likeness (QED) is 0.300. The maximum absolute atomic E-state index is 11.4. The van der Waals surface area contributed by atoms with Gasteiger partial charge in [-0.2, -0.15) is 0 Å². The highest BCUT2D eigenvalue weighted by atomic mass is 127. The van der Waals surface area contributed by atoms with E-state index in [0.717, 1.165) is 44.7 Å². The Morgan fingerprint density at radius 3 is 2.42 bits per heavy atom. The standard InChI is InChI=1S/C15H30N4O3S.HI/c1-2-16-15(18-13-3-5-14(20)6-4-13)17-7-8-19-9-11-23(21,22)12-10-19;/h13-14,20H,2-12H2,1H3,(H2,16,17,18);1H. The molecule has 1 saturated carbocycles. The molecule has 9 heteroatoms. The van der Waals surface area contributed by atoms with Crippen molar-refractivity contribution in [3.63, 3.8) is 0 Å². The van der Waals surface area contributed by atoms with Crippen LogP contribution in [0.3, 0.4) is 0 Å². The number of hydrogen-bond acceptors (Lipinski definition) is 5. The number of aliphatic imine (C=N–C) groups is 1. The fraction of sp³-hybridized carbons (Fsp3) is 0.933. The molecule has 7 nitrogen and oxygen atoms in total. The largest absolute Gasteiger partial charge is 0.393 e. The van der Waals surface area contributed by atoms with E-state index in [1.54, 1.807) is 0 Å². The molecule has 1 aliphatic heterocycles. The Morgan fingerprint density at radius 2 is 1.83 bits per heavy atom. The molecule has 1 aliphatic carbocycles. The summed E-state index contributed by atoms with van der Waals surface area (Å²) in [6.45, 7) is 5.52. The molecule has 1 heterocycles. The van der Waals surface area contributed by atoms with E-state index in [0.29, 0.717) is 25.7 Å². The second-order valence-corrected chi connectivity index (χ2v) is 8.71. The van der Waals surface area contributed by atoms with Crippen molar-refractivity contribution in [1.82, 2.24) is 15.5 Å². The molecule has 0 bridgehead atoms. The highest BCUT2D eigenvalue weighted by Gasteiger charge is 2.21. The average molecular weight is 474 g/mol. The molecule has 0 aromatic heterocycles. The van der Waals surface area contributed by atoms with Gasteiger partial charge < -0.3 is 15.7 Å². The molecule has 24 heavy (non-hydrogen) atoms. The van der Waals surface area contributed by atoms with Crippen molar-refractivity contribution in [2.45, 2.75) is 44.8 Å². The van der Waals surface area contributed by atoms with Gasteiger partial charge in [0.15, 0.2) is 15.8 Å². The number of sulfone groups is 1. The van der Waals surface area contributed by atoms with Crippen LogP contribution < -0.4 is 10.6 Å². The van der Waals surface area contributed by atoms with Gasteiger partial charge in [-0.3, -0.25) is 9.89 Å². The number of halogens is 1. The Morgan fingerprint density at radius 1 is 1.21 bits per heavy atom. The number of nitrogens with zero attached hydrogens (tertiary/aromatic N) is 2. The fourth-order valence-electron chi connectivity index (χ4n) is 3.01. The summed E-state index contributed by atoms with van der Waals surface area (Å²) in [5, 5.41) is 16.3. The van der Waals surface area contributed by atoms with Crippen LogP contribution in [0.2, 0.25) is 0 Å².